The third-order valence-electron chi connectivity index (χ3n) is 2.61. The molecular formula is C10H25Cl3N2O4Si2. The van der Waals surface area contributed by atoms with Crippen molar-refractivity contribution in [2.24, 2.45) is 0 Å². The summed E-state index contributed by atoms with van der Waals surface area (Å²) in [6.45, 7) is 9.09. The van der Waals surface area contributed by atoms with E-state index in [2.05, 4.69) is 16.4 Å². The molecular weight excluding hydrogens is 375 g/mol. The second kappa shape index (κ2) is 11.6. The minimum Gasteiger partial charge on any atom is -0.395 e. The molecule has 2 heterocycles. The lowest BCUT2D eigenvalue weighted by Gasteiger charge is -2.18. The fraction of sp³-hybridized carbons (Fsp3) is 1.00. The van der Waals surface area contributed by atoms with E-state index in [4.69, 9.17) is 52.3 Å². The summed E-state index contributed by atoms with van der Waals surface area (Å²) in [5.74, 6) is 0. The first-order valence-corrected chi connectivity index (χ1v) is 14.5. The molecule has 0 amide bonds. The van der Waals surface area contributed by atoms with Crippen LogP contribution in [0.25, 0.3) is 0 Å². The van der Waals surface area contributed by atoms with E-state index in [0.29, 0.717) is 13.1 Å². The summed E-state index contributed by atoms with van der Waals surface area (Å²) in [7, 11) is -1.72. The van der Waals surface area contributed by atoms with Crippen LogP contribution < -0.4 is 5.32 Å². The van der Waals surface area contributed by atoms with Crippen LogP contribution in [0, 0.1) is 0 Å². The van der Waals surface area contributed by atoms with Gasteiger partial charge < -0.3 is 24.4 Å². The van der Waals surface area contributed by atoms with E-state index >= 15 is 0 Å². The van der Waals surface area contributed by atoms with Gasteiger partial charge in [0.25, 0.3) is 0 Å². The third kappa shape index (κ3) is 12.2. The van der Waals surface area contributed by atoms with Crippen molar-refractivity contribution in [3.8, 4) is 0 Å². The van der Waals surface area contributed by atoms with E-state index in [0.717, 1.165) is 26.3 Å². The topological polar surface area (TPSA) is 74.2 Å². The van der Waals surface area contributed by atoms with Gasteiger partial charge in [-0.15, -0.1) is 33.2 Å². The summed E-state index contributed by atoms with van der Waals surface area (Å²) >= 11 is 15.6. The monoisotopic (exact) mass is 398 g/mol. The molecule has 2 aliphatic rings. The Morgan fingerprint density at radius 3 is 1.76 bits per heavy atom. The van der Waals surface area contributed by atoms with Gasteiger partial charge in [-0.05, 0) is 13.1 Å². The predicted octanol–water partition coefficient (Wildman–Crippen LogP) is 0.750. The fourth-order valence-electron chi connectivity index (χ4n) is 1.72. The zero-order chi connectivity index (χ0) is 16.4. The summed E-state index contributed by atoms with van der Waals surface area (Å²) in [5.41, 5.74) is 0. The Kier molecular flexibility index (Phi) is 12.2. The van der Waals surface area contributed by atoms with E-state index in [1.54, 1.807) is 6.55 Å². The number of nitrogens with one attached hydrogen (secondary N) is 1. The largest absolute Gasteiger partial charge is 0.424 e. The van der Waals surface area contributed by atoms with Crippen LogP contribution >= 0.6 is 33.2 Å². The van der Waals surface area contributed by atoms with Crippen LogP contribution in [0.15, 0.2) is 0 Å². The Hall–Kier alpha value is 1.06. The van der Waals surface area contributed by atoms with Crippen molar-refractivity contribution in [3.05, 3.63) is 0 Å². The highest BCUT2D eigenvalue weighted by Gasteiger charge is 2.48. The molecule has 0 aliphatic carbocycles. The lowest BCUT2D eigenvalue weighted by atomic mass is 10.6. The summed E-state index contributed by atoms with van der Waals surface area (Å²) in [6.07, 6.45) is 0. The molecule has 11 heteroatoms. The molecule has 0 radical (unpaired) electrons. The quantitative estimate of drug-likeness (QED) is 0.368. The molecule has 3 N–H and O–H groups in total. The maximum atomic E-state index is 8.15. The van der Waals surface area contributed by atoms with Crippen LogP contribution in [0.1, 0.15) is 0 Å². The van der Waals surface area contributed by atoms with E-state index in [1.165, 1.54) is 0 Å². The van der Waals surface area contributed by atoms with E-state index in [1.807, 2.05) is 0 Å². The van der Waals surface area contributed by atoms with Crippen molar-refractivity contribution in [3.63, 3.8) is 0 Å². The van der Waals surface area contributed by atoms with Crippen molar-refractivity contribution in [2.75, 3.05) is 52.6 Å². The van der Waals surface area contributed by atoms with E-state index in [9.17, 15) is 0 Å². The van der Waals surface area contributed by atoms with Gasteiger partial charge in [0, 0.05) is 39.4 Å². The molecule has 128 valence electrons. The van der Waals surface area contributed by atoms with E-state index in [-0.39, 0.29) is 13.2 Å². The molecule has 2 saturated heterocycles. The Morgan fingerprint density at radius 1 is 1.10 bits per heavy atom. The molecule has 0 saturated carbocycles. The van der Waals surface area contributed by atoms with Crippen molar-refractivity contribution in [2.45, 2.75) is 13.1 Å². The second-order valence-corrected chi connectivity index (χ2v) is 17.7. The first-order chi connectivity index (χ1) is 9.73. The van der Waals surface area contributed by atoms with Crippen molar-refractivity contribution < 1.29 is 19.1 Å². The Balaban J connectivity index is 0.000000302. The minimum atomic E-state index is -2.19. The van der Waals surface area contributed by atoms with Gasteiger partial charge in [-0.3, -0.25) is 4.57 Å². The van der Waals surface area contributed by atoms with Crippen LogP contribution in [-0.4, -0.2) is 82.1 Å². The SMILES string of the molecule is C[Si](Cl)(Cl)Cl.C[Si]12OCCN1CCO2.OCCNCCO. The number of aliphatic hydroxyl groups is 2. The highest BCUT2D eigenvalue weighted by Crippen LogP contribution is 2.23. The molecule has 0 aromatic rings. The highest BCUT2D eigenvalue weighted by atomic mass is 35.8. The molecule has 0 unspecified atom stereocenters. The Labute approximate surface area is 142 Å². The highest BCUT2D eigenvalue weighted by molar-refractivity contribution is 7.64. The van der Waals surface area contributed by atoms with Gasteiger partial charge in [-0.2, -0.15) is 0 Å². The number of nitrogens with zero attached hydrogens (tertiary/aromatic N) is 1. The van der Waals surface area contributed by atoms with Gasteiger partial charge >= 0.3 is 14.7 Å². The lowest BCUT2D eigenvalue weighted by Crippen LogP contribution is -2.43. The van der Waals surface area contributed by atoms with Crippen LogP contribution in [0.5, 0.6) is 0 Å². The standard InChI is InChI=1S/C5H11NO2Si.C4H11NO2.CH3Cl3Si/c1-9-6(2-4-7-9)3-5-8-9;6-3-1-5-2-4-7;1-5(2,3)4/h2-5H2,1H3;5-7H,1-4H2;1H3. The van der Waals surface area contributed by atoms with Gasteiger partial charge in [-0.1, -0.05) is 0 Å². The number of hydrogen-bond acceptors (Lipinski definition) is 6. The van der Waals surface area contributed by atoms with Gasteiger partial charge in [0.1, 0.15) is 0 Å². The lowest BCUT2D eigenvalue weighted by molar-refractivity contribution is 0.226. The van der Waals surface area contributed by atoms with Gasteiger partial charge in [-0.25, -0.2) is 0 Å². The maximum Gasteiger partial charge on any atom is 0.424 e. The maximum absolute atomic E-state index is 8.15. The molecule has 0 atom stereocenters. The van der Waals surface area contributed by atoms with Crippen LogP contribution in [0.2, 0.25) is 13.1 Å². The Morgan fingerprint density at radius 2 is 1.48 bits per heavy atom. The molecule has 0 spiro atoms. The van der Waals surface area contributed by atoms with Crippen LogP contribution in [-0.2, 0) is 8.85 Å². The van der Waals surface area contributed by atoms with Crippen LogP contribution in [0.4, 0.5) is 0 Å². The number of hydrogen-bond donors (Lipinski definition) is 3. The zero-order valence-electron chi connectivity index (χ0n) is 12.4. The number of aliphatic hydroxyl groups excluding tert-OH is 2. The summed E-state index contributed by atoms with van der Waals surface area (Å²) in [6, 6.07) is -2.19. The molecule has 0 aromatic carbocycles. The predicted molar refractivity (Wildman–Crippen MR) is 91.3 cm³/mol. The Bertz CT molecular complexity index is 255. The zero-order valence-corrected chi connectivity index (χ0v) is 16.7. The third-order valence-corrected chi connectivity index (χ3v) is 5.69. The fourth-order valence-corrected chi connectivity index (χ4v) is 4.10. The molecule has 21 heavy (non-hydrogen) atoms. The molecule has 0 bridgehead atoms. The number of halogens is 3. The summed E-state index contributed by atoms with van der Waals surface area (Å²) < 4.78 is 13.4. The van der Waals surface area contributed by atoms with Gasteiger partial charge in [0.2, 0.25) is 0 Å². The van der Waals surface area contributed by atoms with Crippen LogP contribution in [0.3, 0.4) is 0 Å². The average Bonchev–Trinajstić information content (AvgIpc) is 2.86. The number of fused-ring (bicyclic) bond motifs is 1. The molecule has 2 rings (SSSR count). The first kappa shape index (κ1) is 22.1. The van der Waals surface area contributed by atoms with Gasteiger partial charge in [0.15, 0.2) is 0 Å². The molecule has 6 nitrogen and oxygen atoms in total. The van der Waals surface area contributed by atoms with E-state index < -0.39 is 14.7 Å². The van der Waals surface area contributed by atoms with Gasteiger partial charge in [0.05, 0.1) is 13.2 Å². The minimum absolute atomic E-state index is 0.139. The molecule has 0 aromatic heterocycles. The smallest absolute Gasteiger partial charge is 0.395 e. The normalized spacial score (nSPS) is 20.1. The summed E-state index contributed by atoms with van der Waals surface area (Å²) in [4.78, 5) is 0. The second-order valence-electron chi connectivity index (χ2n) is 4.56. The van der Waals surface area contributed by atoms with Crippen molar-refractivity contribution >= 4 is 48.0 Å². The van der Waals surface area contributed by atoms with Crippen molar-refractivity contribution in [1.82, 2.24) is 9.88 Å². The summed E-state index contributed by atoms with van der Waals surface area (Å²) in [5, 5.41) is 19.1. The number of rotatable bonds is 4. The molecule has 2 fully saturated rings. The first-order valence-electron chi connectivity index (χ1n) is 6.75. The average molecular weight is 400 g/mol. The van der Waals surface area contributed by atoms with Crippen molar-refractivity contribution in [1.29, 1.82) is 0 Å². The molecule has 2 aliphatic heterocycles.